The first kappa shape index (κ1) is 12.8. The maximum Gasteiger partial charge on any atom is 0.203 e. The zero-order valence-corrected chi connectivity index (χ0v) is 11.7. The summed E-state index contributed by atoms with van der Waals surface area (Å²) >= 11 is 2.09. The van der Waals surface area contributed by atoms with Gasteiger partial charge < -0.3 is 9.88 Å². The average Bonchev–Trinajstić information content (AvgIpc) is 2.68. The van der Waals surface area contributed by atoms with Crippen molar-refractivity contribution in [2.45, 2.75) is 39.7 Å². The molecule has 2 rings (SSSR count). The lowest BCUT2D eigenvalue weighted by atomic mass is 10.0. The van der Waals surface area contributed by atoms with E-state index in [1.54, 1.807) is 0 Å². The van der Waals surface area contributed by atoms with Gasteiger partial charge in [0, 0.05) is 19.3 Å². The van der Waals surface area contributed by atoms with Crippen LogP contribution in [-0.2, 0) is 6.54 Å². The molecule has 3 nitrogen and oxygen atoms in total. The molecule has 0 amide bonds. The lowest BCUT2D eigenvalue weighted by molar-refractivity contribution is 0.419. The van der Waals surface area contributed by atoms with Gasteiger partial charge in [-0.1, -0.05) is 6.92 Å². The SMILES string of the molecule is CCCNc1nc(C)cn1CC1CCSCC1. The summed E-state index contributed by atoms with van der Waals surface area (Å²) in [5.74, 6) is 4.56. The Hall–Kier alpha value is -0.640. The van der Waals surface area contributed by atoms with Gasteiger partial charge in [-0.25, -0.2) is 4.98 Å². The van der Waals surface area contributed by atoms with Crippen LogP contribution in [0.2, 0.25) is 0 Å². The lowest BCUT2D eigenvalue weighted by Crippen LogP contribution is -2.17. The second-order valence-corrected chi connectivity index (χ2v) is 6.07. The number of hydrogen-bond acceptors (Lipinski definition) is 3. The molecule has 17 heavy (non-hydrogen) atoms. The van der Waals surface area contributed by atoms with Crippen molar-refractivity contribution < 1.29 is 0 Å². The zero-order chi connectivity index (χ0) is 12.1. The summed E-state index contributed by atoms with van der Waals surface area (Å²) in [6, 6.07) is 0. The highest BCUT2D eigenvalue weighted by atomic mass is 32.2. The van der Waals surface area contributed by atoms with Crippen LogP contribution < -0.4 is 5.32 Å². The van der Waals surface area contributed by atoms with Crippen molar-refractivity contribution in [3.63, 3.8) is 0 Å². The van der Waals surface area contributed by atoms with E-state index in [0.717, 1.165) is 37.1 Å². The molecule has 1 saturated heterocycles. The van der Waals surface area contributed by atoms with Crippen LogP contribution in [0.4, 0.5) is 5.95 Å². The first-order chi connectivity index (χ1) is 8.29. The van der Waals surface area contributed by atoms with Gasteiger partial charge in [0.2, 0.25) is 5.95 Å². The Balaban J connectivity index is 1.97. The van der Waals surface area contributed by atoms with Gasteiger partial charge in [-0.05, 0) is 43.6 Å². The fraction of sp³-hybridized carbons (Fsp3) is 0.769. The summed E-state index contributed by atoms with van der Waals surface area (Å²) in [4.78, 5) is 4.56. The molecule has 0 spiro atoms. The predicted molar refractivity (Wildman–Crippen MR) is 75.8 cm³/mol. The van der Waals surface area contributed by atoms with Crippen LogP contribution in [0, 0.1) is 12.8 Å². The van der Waals surface area contributed by atoms with Crippen LogP contribution in [0.5, 0.6) is 0 Å². The highest BCUT2D eigenvalue weighted by molar-refractivity contribution is 7.99. The molecule has 0 atom stereocenters. The number of aromatic nitrogens is 2. The van der Waals surface area contributed by atoms with Crippen LogP contribution >= 0.6 is 11.8 Å². The smallest absolute Gasteiger partial charge is 0.203 e. The molecule has 0 aliphatic carbocycles. The molecule has 0 aromatic carbocycles. The van der Waals surface area contributed by atoms with Crippen LogP contribution in [-0.4, -0.2) is 27.6 Å². The van der Waals surface area contributed by atoms with Gasteiger partial charge in [-0.15, -0.1) is 0 Å². The maximum absolute atomic E-state index is 4.56. The highest BCUT2D eigenvalue weighted by Crippen LogP contribution is 2.25. The number of rotatable bonds is 5. The van der Waals surface area contributed by atoms with Gasteiger partial charge in [0.25, 0.3) is 0 Å². The largest absolute Gasteiger partial charge is 0.356 e. The molecule has 0 unspecified atom stereocenters. The van der Waals surface area contributed by atoms with E-state index in [9.17, 15) is 0 Å². The molecule has 4 heteroatoms. The van der Waals surface area contributed by atoms with Crippen molar-refractivity contribution >= 4 is 17.7 Å². The molecule has 1 aliphatic rings. The summed E-state index contributed by atoms with van der Waals surface area (Å²) in [6.45, 7) is 6.40. The summed E-state index contributed by atoms with van der Waals surface area (Å²) in [5, 5.41) is 3.42. The summed E-state index contributed by atoms with van der Waals surface area (Å²) in [5.41, 5.74) is 1.12. The van der Waals surface area contributed by atoms with Gasteiger partial charge in [0.15, 0.2) is 0 Å². The predicted octanol–water partition coefficient (Wildman–Crippen LogP) is 3.16. The van der Waals surface area contributed by atoms with Crippen molar-refractivity contribution in [1.29, 1.82) is 0 Å². The molecule has 0 radical (unpaired) electrons. The highest BCUT2D eigenvalue weighted by Gasteiger charge is 2.16. The number of nitrogens with one attached hydrogen (secondary N) is 1. The van der Waals surface area contributed by atoms with Gasteiger partial charge in [0.05, 0.1) is 5.69 Å². The quantitative estimate of drug-likeness (QED) is 0.874. The van der Waals surface area contributed by atoms with E-state index in [4.69, 9.17) is 0 Å². The van der Waals surface area contributed by atoms with E-state index in [1.807, 2.05) is 0 Å². The number of imidazole rings is 1. The Morgan fingerprint density at radius 3 is 2.94 bits per heavy atom. The second kappa shape index (κ2) is 6.34. The Kier molecular flexibility index (Phi) is 4.77. The number of hydrogen-bond donors (Lipinski definition) is 1. The molecule has 2 heterocycles. The van der Waals surface area contributed by atoms with E-state index in [1.165, 1.54) is 24.3 Å². The van der Waals surface area contributed by atoms with Gasteiger partial charge >= 0.3 is 0 Å². The topological polar surface area (TPSA) is 29.9 Å². The minimum atomic E-state index is 0.840. The first-order valence-corrected chi connectivity index (χ1v) is 7.80. The molecule has 96 valence electrons. The van der Waals surface area contributed by atoms with Crippen molar-refractivity contribution in [1.82, 2.24) is 9.55 Å². The number of aryl methyl sites for hydroxylation is 1. The van der Waals surface area contributed by atoms with E-state index in [2.05, 4.69) is 46.7 Å². The fourth-order valence-electron chi connectivity index (χ4n) is 2.27. The van der Waals surface area contributed by atoms with E-state index in [0.29, 0.717) is 0 Å². The molecular weight excluding hydrogens is 230 g/mol. The third kappa shape index (κ3) is 3.66. The minimum absolute atomic E-state index is 0.840. The summed E-state index contributed by atoms with van der Waals surface area (Å²) in [6.07, 6.45) is 6.04. The summed E-state index contributed by atoms with van der Waals surface area (Å²) in [7, 11) is 0. The summed E-state index contributed by atoms with van der Waals surface area (Å²) < 4.78 is 2.31. The Morgan fingerprint density at radius 2 is 2.24 bits per heavy atom. The van der Waals surface area contributed by atoms with E-state index in [-0.39, 0.29) is 0 Å². The Labute approximate surface area is 108 Å². The standard InChI is InChI=1S/C13H23N3S/c1-3-6-14-13-15-11(2)9-16(13)10-12-4-7-17-8-5-12/h9,12H,3-8,10H2,1-2H3,(H,14,15). The normalized spacial score (nSPS) is 17.3. The molecule has 0 bridgehead atoms. The minimum Gasteiger partial charge on any atom is -0.356 e. The van der Waals surface area contributed by atoms with Gasteiger partial charge in [-0.2, -0.15) is 11.8 Å². The van der Waals surface area contributed by atoms with Crippen LogP contribution in [0.15, 0.2) is 6.20 Å². The van der Waals surface area contributed by atoms with Crippen LogP contribution in [0.25, 0.3) is 0 Å². The monoisotopic (exact) mass is 253 g/mol. The van der Waals surface area contributed by atoms with Crippen molar-refractivity contribution in [3.05, 3.63) is 11.9 Å². The van der Waals surface area contributed by atoms with Crippen LogP contribution in [0.3, 0.4) is 0 Å². The van der Waals surface area contributed by atoms with Gasteiger partial charge in [-0.3, -0.25) is 0 Å². The molecule has 1 aliphatic heterocycles. The molecule has 1 aromatic rings. The molecule has 1 aromatic heterocycles. The van der Waals surface area contributed by atoms with Crippen molar-refractivity contribution in [2.24, 2.45) is 5.92 Å². The molecular formula is C13H23N3S. The Bertz CT molecular complexity index is 342. The van der Waals surface area contributed by atoms with E-state index >= 15 is 0 Å². The third-order valence-electron chi connectivity index (χ3n) is 3.23. The lowest BCUT2D eigenvalue weighted by Gasteiger charge is -2.22. The second-order valence-electron chi connectivity index (χ2n) is 4.84. The number of thioether (sulfide) groups is 1. The fourth-order valence-corrected chi connectivity index (χ4v) is 3.48. The van der Waals surface area contributed by atoms with Crippen molar-refractivity contribution in [3.8, 4) is 0 Å². The molecule has 1 fully saturated rings. The third-order valence-corrected chi connectivity index (χ3v) is 4.27. The average molecular weight is 253 g/mol. The van der Waals surface area contributed by atoms with Crippen molar-refractivity contribution in [2.75, 3.05) is 23.4 Å². The van der Waals surface area contributed by atoms with Crippen LogP contribution in [0.1, 0.15) is 31.9 Å². The van der Waals surface area contributed by atoms with E-state index < -0.39 is 0 Å². The first-order valence-electron chi connectivity index (χ1n) is 6.65. The Morgan fingerprint density at radius 1 is 1.47 bits per heavy atom. The molecule has 1 N–H and O–H groups in total. The number of nitrogens with zero attached hydrogens (tertiary/aromatic N) is 2. The zero-order valence-electron chi connectivity index (χ0n) is 10.9. The number of anilines is 1. The molecule has 0 saturated carbocycles. The van der Waals surface area contributed by atoms with Gasteiger partial charge in [0.1, 0.15) is 0 Å². The maximum atomic E-state index is 4.56.